The van der Waals surface area contributed by atoms with Gasteiger partial charge >= 0.3 is 5.97 Å². The molecule has 2 rings (SSSR count). The zero-order chi connectivity index (χ0) is 17.5. The molecular weight excluding hydrogens is 331 g/mol. The van der Waals surface area contributed by atoms with Crippen LogP contribution in [0.3, 0.4) is 0 Å². The van der Waals surface area contributed by atoms with E-state index in [9.17, 15) is 14.0 Å². The lowest BCUT2D eigenvalue weighted by Gasteiger charge is -2.14. The molecular formula is C17H19FN2O3S. The van der Waals surface area contributed by atoms with Gasteiger partial charge in [-0.05, 0) is 43.0 Å². The molecule has 0 aliphatic rings. The van der Waals surface area contributed by atoms with Gasteiger partial charge in [0.25, 0.3) is 0 Å². The Morgan fingerprint density at radius 2 is 2.12 bits per heavy atom. The molecule has 7 heteroatoms. The summed E-state index contributed by atoms with van der Waals surface area (Å²) < 4.78 is 18.2. The van der Waals surface area contributed by atoms with E-state index in [0.717, 1.165) is 5.56 Å². The number of carbonyl (C=O) groups is 2. The number of carbonyl (C=O) groups excluding carboxylic acids is 2. The zero-order valence-corrected chi connectivity index (χ0v) is 14.3. The van der Waals surface area contributed by atoms with Crippen LogP contribution in [-0.4, -0.2) is 25.0 Å². The molecule has 5 nitrogen and oxygen atoms in total. The van der Waals surface area contributed by atoms with Crippen molar-refractivity contribution in [2.24, 2.45) is 0 Å². The first-order chi connectivity index (χ1) is 11.5. The second-order valence-corrected chi connectivity index (χ2v) is 6.01. The molecule has 0 saturated carbocycles. The van der Waals surface area contributed by atoms with Gasteiger partial charge in [0.05, 0.1) is 18.7 Å². The highest BCUT2D eigenvalue weighted by Gasteiger charge is 2.16. The molecule has 1 atom stereocenters. The van der Waals surface area contributed by atoms with Gasteiger partial charge in [0.15, 0.2) is 0 Å². The minimum absolute atomic E-state index is 0.0395. The molecule has 0 spiro atoms. The van der Waals surface area contributed by atoms with Crippen LogP contribution in [0.25, 0.3) is 0 Å². The molecule has 2 aromatic rings. The average Bonchev–Trinajstić information content (AvgIpc) is 3.01. The van der Waals surface area contributed by atoms with Gasteiger partial charge in [-0.15, -0.1) is 11.3 Å². The van der Waals surface area contributed by atoms with Crippen LogP contribution in [0.2, 0.25) is 0 Å². The van der Waals surface area contributed by atoms with Gasteiger partial charge in [-0.25, -0.2) is 9.18 Å². The standard InChI is InChI=1S/C17H19FN2O3S/c1-3-23-17(22)14-7-8-24-16(14)20-15(21)10-19-11(2)12-5-4-6-13(18)9-12/h4-9,11,19H,3,10H2,1-2H3,(H,20,21)/t11-/m0/s1. The SMILES string of the molecule is CCOC(=O)c1ccsc1NC(=O)CN[C@@H](C)c1cccc(F)c1. The van der Waals surface area contributed by atoms with Crippen molar-refractivity contribution in [1.29, 1.82) is 0 Å². The lowest BCUT2D eigenvalue weighted by Crippen LogP contribution is -2.30. The number of anilines is 1. The van der Waals surface area contributed by atoms with Gasteiger partial charge < -0.3 is 15.4 Å². The fourth-order valence-corrected chi connectivity index (χ4v) is 2.88. The van der Waals surface area contributed by atoms with Crippen molar-refractivity contribution >= 4 is 28.2 Å². The van der Waals surface area contributed by atoms with Crippen molar-refractivity contribution in [3.8, 4) is 0 Å². The molecule has 1 heterocycles. The number of hydrogen-bond donors (Lipinski definition) is 2. The van der Waals surface area contributed by atoms with Crippen LogP contribution >= 0.6 is 11.3 Å². The summed E-state index contributed by atoms with van der Waals surface area (Å²) in [5.41, 5.74) is 1.10. The third kappa shape index (κ3) is 4.87. The monoisotopic (exact) mass is 350 g/mol. The van der Waals surface area contributed by atoms with Crippen LogP contribution in [0.15, 0.2) is 35.7 Å². The number of hydrogen-bond acceptors (Lipinski definition) is 5. The van der Waals surface area contributed by atoms with E-state index in [-0.39, 0.29) is 30.9 Å². The Kier molecular flexibility index (Phi) is 6.45. The number of rotatable bonds is 7. The van der Waals surface area contributed by atoms with Crippen molar-refractivity contribution in [2.75, 3.05) is 18.5 Å². The smallest absolute Gasteiger partial charge is 0.341 e. The largest absolute Gasteiger partial charge is 0.462 e. The highest BCUT2D eigenvalue weighted by molar-refractivity contribution is 7.14. The van der Waals surface area contributed by atoms with Crippen LogP contribution in [-0.2, 0) is 9.53 Å². The predicted molar refractivity (Wildman–Crippen MR) is 91.7 cm³/mol. The summed E-state index contributed by atoms with van der Waals surface area (Å²) in [5.74, 6) is -1.07. The van der Waals surface area contributed by atoms with E-state index in [1.165, 1.54) is 23.5 Å². The maximum atomic E-state index is 13.2. The number of esters is 1. The molecule has 0 unspecified atom stereocenters. The fourth-order valence-electron chi connectivity index (χ4n) is 2.09. The number of ether oxygens (including phenoxy) is 1. The Balaban J connectivity index is 1.90. The number of halogens is 1. The van der Waals surface area contributed by atoms with E-state index in [1.807, 2.05) is 6.92 Å². The van der Waals surface area contributed by atoms with Crippen molar-refractivity contribution in [2.45, 2.75) is 19.9 Å². The van der Waals surface area contributed by atoms with Crippen LogP contribution < -0.4 is 10.6 Å². The molecule has 1 amide bonds. The second kappa shape index (κ2) is 8.56. The molecule has 24 heavy (non-hydrogen) atoms. The zero-order valence-electron chi connectivity index (χ0n) is 13.5. The molecule has 0 aliphatic carbocycles. The van der Waals surface area contributed by atoms with Gasteiger partial charge in [-0.2, -0.15) is 0 Å². The van der Waals surface area contributed by atoms with E-state index < -0.39 is 5.97 Å². The van der Waals surface area contributed by atoms with Crippen LogP contribution in [0.1, 0.15) is 35.8 Å². The summed E-state index contributed by atoms with van der Waals surface area (Å²) >= 11 is 1.25. The number of nitrogens with one attached hydrogen (secondary N) is 2. The van der Waals surface area contributed by atoms with Crippen molar-refractivity contribution in [3.63, 3.8) is 0 Å². The maximum Gasteiger partial charge on any atom is 0.341 e. The van der Waals surface area contributed by atoms with Crippen LogP contribution in [0, 0.1) is 5.82 Å². The molecule has 128 valence electrons. The van der Waals surface area contributed by atoms with Crippen molar-refractivity contribution in [1.82, 2.24) is 5.32 Å². The number of amides is 1. The third-order valence-electron chi connectivity index (χ3n) is 3.33. The second-order valence-electron chi connectivity index (χ2n) is 5.09. The molecule has 0 fully saturated rings. The van der Waals surface area contributed by atoms with E-state index in [0.29, 0.717) is 10.6 Å². The van der Waals surface area contributed by atoms with Gasteiger partial charge in [-0.1, -0.05) is 12.1 Å². The number of thiophene rings is 1. The highest BCUT2D eigenvalue weighted by atomic mass is 32.1. The maximum absolute atomic E-state index is 13.2. The third-order valence-corrected chi connectivity index (χ3v) is 4.16. The molecule has 0 aliphatic heterocycles. The van der Waals surface area contributed by atoms with Gasteiger partial charge in [0.1, 0.15) is 10.8 Å². The lowest BCUT2D eigenvalue weighted by molar-refractivity contribution is -0.115. The highest BCUT2D eigenvalue weighted by Crippen LogP contribution is 2.24. The predicted octanol–water partition coefficient (Wildman–Crippen LogP) is 3.35. The quantitative estimate of drug-likeness (QED) is 0.752. The van der Waals surface area contributed by atoms with Crippen molar-refractivity contribution < 1.29 is 18.7 Å². The first kappa shape index (κ1) is 18.1. The molecule has 1 aromatic carbocycles. The molecule has 2 N–H and O–H groups in total. The first-order valence-corrected chi connectivity index (χ1v) is 8.42. The van der Waals surface area contributed by atoms with E-state index in [2.05, 4.69) is 10.6 Å². The summed E-state index contributed by atoms with van der Waals surface area (Å²) in [5, 5.41) is 7.88. The Morgan fingerprint density at radius 3 is 2.83 bits per heavy atom. The summed E-state index contributed by atoms with van der Waals surface area (Å²) in [6, 6.07) is 7.64. The summed E-state index contributed by atoms with van der Waals surface area (Å²) in [4.78, 5) is 23.8. The minimum Gasteiger partial charge on any atom is -0.462 e. The summed E-state index contributed by atoms with van der Waals surface area (Å²) in [6.45, 7) is 3.88. The lowest BCUT2D eigenvalue weighted by atomic mass is 10.1. The Bertz CT molecular complexity index is 717. The van der Waals surface area contributed by atoms with Crippen LogP contribution in [0.5, 0.6) is 0 Å². The molecule has 0 bridgehead atoms. The molecule has 0 radical (unpaired) electrons. The van der Waals surface area contributed by atoms with E-state index in [1.54, 1.807) is 30.5 Å². The summed E-state index contributed by atoms with van der Waals surface area (Å²) in [7, 11) is 0. The molecule has 1 aromatic heterocycles. The van der Waals surface area contributed by atoms with E-state index >= 15 is 0 Å². The van der Waals surface area contributed by atoms with Crippen LogP contribution in [0.4, 0.5) is 9.39 Å². The van der Waals surface area contributed by atoms with Gasteiger partial charge in [-0.3, -0.25) is 4.79 Å². The normalized spacial score (nSPS) is 11.8. The fraction of sp³-hybridized carbons (Fsp3) is 0.294. The molecule has 0 saturated heterocycles. The van der Waals surface area contributed by atoms with E-state index in [4.69, 9.17) is 4.74 Å². The van der Waals surface area contributed by atoms with Gasteiger partial charge in [0.2, 0.25) is 5.91 Å². The Labute approximate surface area is 143 Å². The minimum atomic E-state index is -0.463. The summed E-state index contributed by atoms with van der Waals surface area (Å²) in [6.07, 6.45) is 0. The van der Waals surface area contributed by atoms with Gasteiger partial charge in [0, 0.05) is 6.04 Å². The van der Waals surface area contributed by atoms with Crippen molar-refractivity contribution in [3.05, 3.63) is 52.7 Å². The topological polar surface area (TPSA) is 67.4 Å². The Hall–Kier alpha value is -2.25. The Morgan fingerprint density at radius 1 is 1.33 bits per heavy atom. The first-order valence-electron chi connectivity index (χ1n) is 7.54. The number of benzene rings is 1. The average molecular weight is 350 g/mol.